The molecule has 1 atom stereocenters. The van der Waals surface area contributed by atoms with Crippen LogP contribution in [0.15, 0.2) is 0 Å². The Labute approximate surface area is 107 Å². The van der Waals surface area contributed by atoms with Crippen molar-refractivity contribution in [2.75, 3.05) is 66.1 Å². The van der Waals surface area contributed by atoms with Crippen LogP contribution in [-0.2, 0) is 18.9 Å². The molecular weight excluding hydrogens is 244 g/mol. The van der Waals surface area contributed by atoms with E-state index in [4.69, 9.17) is 34.3 Å². The first kappa shape index (κ1) is 17.7. The van der Waals surface area contributed by atoms with E-state index in [0.717, 1.165) is 0 Å². The molecule has 0 aliphatic rings. The molecule has 7 heteroatoms. The second kappa shape index (κ2) is 14.8. The highest BCUT2D eigenvalue weighted by Gasteiger charge is 2.09. The lowest BCUT2D eigenvalue weighted by atomic mass is 10.4. The number of rotatable bonds is 14. The average molecular weight is 268 g/mol. The van der Waals surface area contributed by atoms with Gasteiger partial charge in [-0.3, -0.25) is 0 Å². The van der Waals surface area contributed by atoms with E-state index in [1.807, 2.05) is 0 Å². The van der Waals surface area contributed by atoms with Crippen LogP contribution in [0.5, 0.6) is 0 Å². The first-order valence-corrected chi connectivity index (χ1v) is 6.02. The predicted octanol–water partition coefficient (Wildman–Crippen LogP) is -1.60. The van der Waals surface area contributed by atoms with E-state index in [-0.39, 0.29) is 39.1 Å². The largest absolute Gasteiger partial charge is 0.394 e. The molecule has 0 saturated heterocycles. The van der Waals surface area contributed by atoms with Crippen molar-refractivity contribution in [2.45, 2.75) is 6.10 Å². The normalized spacial score (nSPS) is 12.8. The lowest BCUT2D eigenvalue weighted by molar-refractivity contribution is -0.0766. The Balaban J connectivity index is 3.51. The smallest absolute Gasteiger partial charge is 0.104 e. The standard InChI is InChI=1S/C11H24O7/c12-1-4-15-7-8-17-10-11(18-6-3-14)9-16-5-2-13/h11-14H,1-10H2. The summed E-state index contributed by atoms with van der Waals surface area (Å²) < 4.78 is 20.8. The van der Waals surface area contributed by atoms with Crippen LogP contribution in [0, 0.1) is 0 Å². The van der Waals surface area contributed by atoms with Crippen LogP contribution in [0.3, 0.4) is 0 Å². The zero-order chi connectivity index (χ0) is 13.5. The minimum atomic E-state index is -0.276. The molecule has 7 nitrogen and oxygen atoms in total. The number of hydrogen-bond acceptors (Lipinski definition) is 7. The molecular formula is C11H24O7. The number of aliphatic hydroxyl groups is 3. The van der Waals surface area contributed by atoms with Crippen LogP contribution >= 0.6 is 0 Å². The molecule has 0 bridgehead atoms. The van der Waals surface area contributed by atoms with Crippen LogP contribution in [0.4, 0.5) is 0 Å². The second-order valence-electron chi connectivity index (χ2n) is 3.43. The van der Waals surface area contributed by atoms with E-state index in [2.05, 4.69) is 0 Å². The average Bonchev–Trinajstić information content (AvgIpc) is 2.39. The van der Waals surface area contributed by atoms with Gasteiger partial charge in [0.25, 0.3) is 0 Å². The monoisotopic (exact) mass is 268 g/mol. The van der Waals surface area contributed by atoms with Crippen molar-refractivity contribution in [1.82, 2.24) is 0 Å². The summed E-state index contributed by atoms with van der Waals surface area (Å²) in [4.78, 5) is 0. The van der Waals surface area contributed by atoms with Gasteiger partial charge in [0, 0.05) is 0 Å². The van der Waals surface area contributed by atoms with Gasteiger partial charge in [-0.1, -0.05) is 0 Å². The van der Waals surface area contributed by atoms with E-state index >= 15 is 0 Å². The Hall–Kier alpha value is -0.280. The number of ether oxygens (including phenoxy) is 4. The highest BCUT2D eigenvalue weighted by Crippen LogP contribution is 1.95. The van der Waals surface area contributed by atoms with E-state index in [1.165, 1.54) is 0 Å². The van der Waals surface area contributed by atoms with Gasteiger partial charge in [-0.2, -0.15) is 0 Å². The van der Waals surface area contributed by atoms with Gasteiger partial charge in [-0.15, -0.1) is 0 Å². The van der Waals surface area contributed by atoms with Gasteiger partial charge in [0.2, 0.25) is 0 Å². The summed E-state index contributed by atoms with van der Waals surface area (Å²) in [6, 6.07) is 0. The van der Waals surface area contributed by atoms with E-state index in [0.29, 0.717) is 33.0 Å². The van der Waals surface area contributed by atoms with E-state index in [9.17, 15) is 0 Å². The van der Waals surface area contributed by atoms with Crippen LogP contribution in [0.25, 0.3) is 0 Å². The molecule has 1 unspecified atom stereocenters. The maximum atomic E-state index is 8.67. The summed E-state index contributed by atoms with van der Waals surface area (Å²) in [5.41, 5.74) is 0. The van der Waals surface area contributed by atoms with Crippen molar-refractivity contribution >= 4 is 0 Å². The Morgan fingerprint density at radius 2 is 1.11 bits per heavy atom. The molecule has 0 spiro atoms. The summed E-state index contributed by atoms with van der Waals surface area (Å²) >= 11 is 0. The first-order valence-electron chi connectivity index (χ1n) is 6.02. The number of aliphatic hydroxyl groups excluding tert-OH is 3. The molecule has 0 saturated carbocycles. The Morgan fingerprint density at radius 3 is 1.72 bits per heavy atom. The van der Waals surface area contributed by atoms with Crippen LogP contribution in [0.1, 0.15) is 0 Å². The van der Waals surface area contributed by atoms with Crippen LogP contribution < -0.4 is 0 Å². The minimum absolute atomic E-state index is 0.00274. The molecule has 3 N–H and O–H groups in total. The molecule has 0 aromatic carbocycles. The van der Waals surface area contributed by atoms with Gasteiger partial charge in [-0.25, -0.2) is 0 Å². The van der Waals surface area contributed by atoms with Crippen molar-refractivity contribution in [3.8, 4) is 0 Å². The van der Waals surface area contributed by atoms with Crippen molar-refractivity contribution in [3.63, 3.8) is 0 Å². The predicted molar refractivity (Wildman–Crippen MR) is 63.5 cm³/mol. The van der Waals surface area contributed by atoms with Gasteiger partial charge in [0.15, 0.2) is 0 Å². The van der Waals surface area contributed by atoms with E-state index < -0.39 is 0 Å². The molecule has 0 aliphatic heterocycles. The molecule has 110 valence electrons. The molecule has 0 aromatic rings. The van der Waals surface area contributed by atoms with Gasteiger partial charge in [-0.05, 0) is 0 Å². The fourth-order valence-corrected chi connectivity index (χ4v) is 1.14. The SMILES string of the molecule is OCCOCCOCC(COCCO)OCCO. The molecule has 0 fully saturated rings. The molecule has 0 aliphatic carbocycles. The van der Waals surface area contributed by atoms with Gasteiger partial charge in [0.05, 0.1) is 66.1 Å². The van der Waals surface area contributed by atoms with Crippen LogP contribution in [-0.4, -0.2) is 87.5 Å². The van der Waals surface area contributed by atoms with Crippen molar-refractivity contribution in [2.24, 2.45) is 0 Å². The number of hydrogen-bond donors (Lipinski definition) is 3. The topological polar surface area (TPSA) is 97.6 Å². The molecule has 0 rings (SSSR count). The lowest BCUT2D eigenvalue weighted by Gasteiger charge is -2.17. The lowest BCUT2D eigenvalue weighted by Crippen LogP contribution is -2.28. The molecule has 0 amide bonds. The first-order chi connectivity index (χ1) is 8.85. The molecule has 18 heavy (non-hydrogen) atoms. The summed E-state index contributed by atoms with van der Waals surface area (Å²) in [7, 11) is 0. The van der Waals surface area contributed by atoms with Crippen LogP contribution in [0.2, 0.25) is 0 Å². The van der Waals surface area contributed by atoms with Gasteiger partial charge < -0.3 is 34.3 Å². The quantitative estimate of drug-likeness (QED) is 0.326. The summed E-state index contributed by atoms with van der Waals surface area (Å²) in [5.74, 6) is 0. The molecule has 0 radical (unpaired) electrons. The maximum Gasteiger partial charge on any atom is 0.104 e. The van der Waals surface area contributed by atoms with Gasteiger partial charge >= 0.3 is 0 Å². The highest BCUT2D eigenvalue weighted by molar-refractivity contribution is 4.55. The molecule has 0 aromatic heterocycles. The fourth-order valence-electron chi connectivity index (χ4n) is 1.14. The third kappa shape index (κ3) is 12.2. The van der Waals surface area contributed by atoms with Crippen molar-refractivity contribution < 1.29 is 34.3 Å². The maximum absolute atomic E-state index is 8.67. The Morgan fingerprint density at radius 1 is 0.611 bits per heavy atom. The zero-order valence-corrected chi connectivity index (χ0v) is 10.6. The summed E-state index contributed by atoms with van der Waals surface area (Å²) in [6.45, 7) is 2.11. The van der Waals surface area contributed by atoms with Crippen molar-refractivity contribution in [1.29, 1.82) is 0 Å². The second-order valence-corrected chi connectivity index (χ2v) is 3.43. The third-order valence-corrected chi connectivity index (χ3v) is 1.90. The van der Waals surface area contributed by atoms with Crippen molar-refractivity contribution in [3.05, 3.63) is 0 Å². The Kier molecular flexibility index (Phi) is 14.5. The minimum Gasteiger partial charge on any atom is -0.394 e. The zero-order valence-electron chi connectivity index (χ0n) is 10.6. The van der Waals surface area contributed by atoms with E-state index in [1.54, 1.807) is 0 Å². The highest BCUT2D eigenvalue weighted by atomic mass is 16.6. The fraction of sp³-hybridized carbons (Fsp3) is 1.00. The molecule has 0 heterocycles. The van der Waals surface area contributed by atoms with Gasteiger partial charge in [0.1, 0.15) is 6.10 Å². The summed E-state index contributed by atoms with van der Waals surface area (Å²) in [6.07, 6.45) is -0.276. The third-order valence-electron chi connectivity index (χ3n) is 1.90. The summed E-state index contributed by atoms with van der Waals surface area (Å²) in [5, 5.41) is 25.7. The Bertz CT molecular complexity index is 156.